The number of anilines is 1. The van der Waals surface area contributed by atoms with Gasteiger partial charge >= 0.3 is 12.2 Å². The Bertz CT molecular complexity index is 820. The average Bonchev–Trinajstić information content (AvgIpc) is 2.83. The lowest BCUT2D eigenvalue weighted by molar-refractivity contribution is -0.137. The number of hydrogen-bond acceptors (Lipinski definition) is 3. The molecule has 1 aromatic carbocycles. The van der Waals surface area contributed by atoms with E-state index in [1.54, 1.807) is 0 Å². The Morgan fingerprint density at radius 3 is 2.57 bits per heavy atom. The SMILES string of the molecule is CC1CCC2(CC1)NC(=O)N(CC(=O)Nc1ccc(Cl)c(C(F)(F)F)c1)C2=O. The number of rotatable bonds is 3. The van der Waals surface area contributed by atoms with Crippen LogP contribution in [-0.2, 0) is 15.8 Å². The van der Waals surface area contributed by atoms with E-state index in [9.17, 15) is 27.6 Å². The van der Waals surface area contributed by atoms with Gasteiger partial charge in [-0.05, 0) is 49.8 Å². The summed E-state index contributed by atoms with van der Waals surface area (Å²) in [6.07, 6.45) is -2.09. The summed E-state index contributed by atoms with van der Waals surface area (Å²) >= 11 is 5.55. The lowest BCUT2D eigenvalue weighted by atomic mass is 9.77. The van der Waals surface area contributed by atoms with Crippen molar-refractivity contribution in [3.05, 3.63) is 28.8 Å². The Morgan fingerprint density at radius 2 is 1.96 bits per heavy atom. The summed E-state index contributed by atoms with van der Waals surface area (Å²) in [6, 6.07) is 2.27. The molecule has 2 fully saturated rings. The third-order valence-electron chi connectivity index (χ3n) is 5.23. The molecule has 0 unspecified atom stereocenters. The molecule has 2 aliphatic rings. The molecular formula is C18H19ClF3N3O3. The van der Waals surface area contributed by atoms with Crippen LogP contribution in [0.25, 0.3) is 0 Å². The van der Waals surface area contributed by atoms with E-state index < -0.39 is 46.7 Å². The first-order valence-corrected chi connectivity index (χ1v) is 9.20. The highest BCUT2D eigenvalue weighted by Gasteiger charge is 2.52. The number of hydrogen-bond donors (Lipinski definition) is 2. The van der Waals surface area contributed by atoms with Crippen LogP contribution in [0, 0.1) is 5.92 Å². The van der Waals surface area contributed by atoms with Gasteiger partial charge in [0.2, 0.25) is 5.91 Å². The molecule has 10 heteroatoms. The van der Waals surface area contributed by atoms with Gasteiger partial charge in [0, 0.05) is 5.69 Å². The minimum absolute atomic E-state index is 0.130. The topological polar surface area (TPSA) is 78.5 Å². The Labute approximate surface area is 164 Å². The Kier molecular flexibility index (Phi) is 5.31. The van der Waals surface area contributed by atoms with Crippen LogP contribution in [0.15, 0.2) is 18.2 Å². The van der Waals surface area contributed by atoms with Crippen LogP contribution in [0.3, 0.4) is 0 Å². The average molecular weight is 418 g/mol. The van der Waals surface area contributed by atoms with Crippen molar-refractivity contribution in [2.45, 2.75) is 44.3 Å². The lowest BCUT2D eigenvalue weighted by Crippen LogP contribution is -2.49. The number of benzene rings is 1. The van der Waals surface area contributed by atoms with Crippen LogP contribution in [-0.4, -0.2) is 34.8 Å². The number of amides is 4. The maximum atomic E-state index is 12.9. The third kappa shape index (κ3) is 3.94. The zero-order valence-corrected chi connectivity index (χ0v) is 15.8. The zero-order chi connectivity index (χ0) is 20.7. The van der Waals surface area contributed by atoms with E-state index in [0.29, 0.717) is 24.8 Å². The molecule has 1 aliphatic heterocycles. The summed E-state index contributed by atoms with van der Waals surface area (Å²) in [4.78, 5) is 38.0. The molecule has 6 nitrogen and oxygen atoms in total. The smallest absolute Gasteiger partial charge is 0.325 e. The Balaban J connectivity index is 1.69. The molecule has 0 aromatic heterocycles. The summed E-state index contributed by atoms with van der Waals surface area (Å²) in [7, 11) is 0. The van der Waals surface area contributed by atoms with E-state index in [2.05, 4.69) is 17.6 Å². The van der Waals surface area contributed by atoms with E-state index in [0.717, 1.165) is 23.8 Å². The first-order chi connectivity index (χ1) is 13.0. The fourth-order valence-corrected chi connectivity index (χ4v) is 3.80. The molecule has 2 N–H and O–H groups in total. The third-order valence-corrected chi connectivity index (χ3v) is 5.56. The number of urea groups is 1. The van der Waals surface area contributed by atoms with Crippen molar-refractivity contribution in [2.24, 2.45) is 5.92 Å². The number of alkyl halides is 3. The van der Waals surface area contributed by atoms with Gasteiger partial charge in [0.05, 0.1) is 10.6 Å². The molecule has 152 valence electrons. The molecule has 1 spiro atoms. The summed E-state index contributed by atoms with van der Waals surface area (Å²) in [5.74, 6) is -0.785. The van der Waals surface area contributed by atoms with E-state index in [1.165, 1.54) is 6.07 Å². The fourth-order valence-electron chi connectivity index (χ4n) is 3.58. The van der Waals surface area contributed by atoms with Gasteiger partial charge in [-0.3, -0.25) is 14.5 Å². The molecule has 1 heterocycles. The highest BCUT2D eigenvalue weighted by Crippen LogP contribution is 2.37. The van der Waals surface area contributed by atoms with Crippen LogP contribution < -0.4 is 10.6 Å². The number of halogens is 4. The van der Waals surface area contributed by atoms with Crippen LogP contribution in [0.1, 0.15) is 38.2 Å². The Morgan fingerprint density at radius 1 is 1.32 bits per heavy atom. The first-order valence-electron chi connectivity index (χ1n) is 8.82. The highest BCUT2D eigenvalue weighted by molar-refractivity contribution is 6.31. The molecule has 0 bridgehead atoms. The molecule has 1 aromatic rings. The van der Waals surface area contributed by atoms with Crippen molar-refractivity contribution >= 4 is 35.1 Å². The van der Waals surface area contributed by atoms with Crippen molar-refractivity contribution in [1.29, 1.82) is 0 Å². The van der Waals surface area contributed by atoms with Gasteiger partial charge in [0.1, 0.15) is 12.1 Å². The number of nitrogens with one attached hydrogen (secondary N) is 2. The predicted molar refractivity (Wildman–Crippen MR) is 95.7 cm³/mol. The number of carbonyl (C=O) groups is 3. The van der Waals surface area contributed by atoms with E-state index in [1.807, 2.05) is 0 Å². The number of imide groups is 1. The standard InChI is InChI=1S/C18H19ClF3N3O3/c1-10-4-6-17(7-5-10)15(27)25(16(28)24-17)9-14(26)23-11-2-3-13(19)12(8-11)18(20,21)22/h2-3,8,10H,4-7,9H2,1H3,(H,23,26)(H,24,28). The van der Waals surface area contributed by atoms with Gasteiger partial charge in [-0.1, -0.05) is 18.5 Å². The second-order valence-corrected chi connectivity index (χ2v) is 7.73. The molecule has 4 amide bonds. The minimum atomic E-state index is -4.67. The van der Waals surface area contributed by atoms with E-state index in [-0.39, 0.29) is 5.69 Å². The summed E-state index contributed by atoms with van der Waals surface area (Å²) in [6.45, 7) is 1.49. The van der Waals surface area contributed by atoms with Crippen molar-refractivity contribution in [1.82, 2.24) is 10.2 Å². The highest BCUT2D eigenvalue weighted by atomic mass is 35.5. The summed E-state index contributed by atoms with van der Waals surface area (Å²) in [5.41, 5.74) is -2.19. The maximum absolute atomic E-state index is 12.9. The molecule has 1 saturated heterocycles. The van der Waals surface area contributed by atoms with Gasteiger partial charge in [-0.15, -0.1) is 0 Å². The zero-order valence-electron chi connectivity index (χ0n) is 15.0. The molecule has 1 aliphatic carbocycles. The molecule has 28 heavy (non-hydrogen) atoms. The van der Waals surface area contributed by atoms with Crippen LogP contribution >= 0.6 is 11.6 Å². The number of nitrogens with zero attached hydrogens (tertiary/aromatic N) is 1. The largest absolute Gasteiger partial charge is 0.417 e. The molecule has 0 atom stereocenters. The Hall–Kier alpha value is -2.29. The monoisotopic (exact) mass is 417 g/mol. The first kappa shape index (κ1) is 20.4. The fraction of sp³-hybridized carbons (Fsp3) is 0.500. The van der Waals surface area contributed by atoms with E-state index >= 15 is 0 Å². The molecule has 3 rings (SSSR count). The molecular weight excluding hydrogens is 399 g/mol. The van der Waals surface area contributed by atoms with Gasteiger partial charge in [0.15, 0.2) is 0 Å². The quantitative estimate of drug-likeness (QED) is 0.734. The summed E-state index contributed by atoms with van der Waals surface area (Å²) < 4.78 is 38.8. The maximum Gasteiger partial charge on any atom is 0.417 e. The second kappa shape index (κ2) is 7.27. The van der Waals surface area contributed by atoms with Crippen LogP contribution in [0.2, 0.25) is 5.02 Å². The van der Waals surface area contributed by atoms with Crippen molar-refractivity contribution < 1.29 is 27.6 Å². The van der Waals surface area contributed by atoms with Crippen molar-refractivity contribution in [3.63, 3.8) is 0 Å². The van der Waals surface area contributed by atoms with Crippen LogP contribution in [0.5, 0.6) is 0 Å². The van der Waals surface area contributed by atoms with Gasteiger partial charge in [-0.25, -0.2) is 4.79 Å². The van der Waals surface area contributed by atoms with Crippen LogP contribution in [0.4, 0.5) is 23.7 Å². The van der Waals surface area contributed by atoms with Gasteiger partial charge in [-0.2, -0.15) is 13.2 Å². The summed E-state index contributed by atoms with van der Waals surface area (Å²) in [5, 5.41) is 4.47. The van der Waals surface area contributed by atoms with Gasteiger partial charge < -0.3 is 10.6 Å². The predicted octanol–water partition coefficient (Wildman–Crippen LogP) is 3.80. The normalized spacial score (nSPS) is 25.2. The second-order valence-electron chi connectivity index (χ2n) is 7.33. The van der Waals surface area contributed by atoms with Gasteiger partial charge in [0.25, 0.3) is 5.91 Å². The van der Waals surface area contributed by atoms with Crippen molar-refractivity contribution in [3.8, 4) is 0 Å². The van der Waals surface area contributed by atoms with E-state index in [4.69, 9.17) is 11.6 Å². The molecule has 0 radical (unpaired) electrons. The molecule has 1 saturated carbocycles. The minimum Gasteiger partial charge on any atom is -0.325 e. The van der Waals surface area contributed by atoms with Crippen molar-refractivity contribution in [2.75, 3.05) is 11.9 Å². The number of carbonyl (C=O) groups excluding carboxylic acids is 3. The lowest BCUT2D eigenvalue weighted by Gasteiger charge is -2.33.